The van der Waals surface area contributed by atoms with Gasteiger partial charge in [0, 0.05) is 15.6 Å². The molecule has 0 amide bonds. The van der Waals surface area contributed by atoms with E-state index in [0.29, 0.717) is 6.42 Å². The highest BCUT2D eigenvalue weighted by molar-refractivity contribution is 7.17. The van der Waals surface area contributed by atoms with Crippen molar-refractivity contribution in [3.63, 3.8) is 0 Å². The van der Waals surface area contributed by atoms with Crippen molar-refractivity contribution in [3.05, 3.63) is 28.4 Å². The van der Waals surface area contributed by atoms with Crippen LogP contribution in [0.3, 0.4) is 0 Å². The molecule has 2 aromatic rings. The second-order valence-electron chi connectivity index (χ2n) is 4.27. The highest BCUT2D eigenvalue weighted by Crippen LogP contribution is 2.38. The van der Waals surface area contributed by atoms with Crippen LogP contribution in [-0.2, 0) is 6.42 Å². The van der Waals surface area contributed by atoms with E-state index in [1.165, 1.54) is 0 Å². The lowest BCUT2D eigenvalue weighted by Gasteiger charge is -2.09. The van der Waals surface area contributed by atoms with Crippen molar-refractivity contribution in [2.45, 2.75) is 33.1 Å². The number of hydrogen-bond acceptors (Lipinski definition) is 2. The Balaban J connectivity index is 2.86. The molecule has 0 aliphatic heterocycles. The molecule has 0 bridgehead atoms. The summed E-state index contributed by atoms with van der Waals surface area (Å²) < 4.78 is 14.6. The summed E-state index contributed by atoms with van der Waals surface area (Å²) in [5.41, 5.74) is 1.82. The first-order chi connectivity index (χ1) is 7.54. The van der Waals surface area contributed by atoms with Gasteiger partial charge < -0.3 is 5.11 Å². The molecule has 3 heteroatoms. The molecule has 0 fully saturated rings. The summed E-state index contributed by atoms with van der Waals surface area (Å²) >= 11 is 1.12. The Bertz CT molecular complexity index is 528. The van der Waals surface area contributed by atoms with E-state index in [-0.39, 0.29) is 16.8 Å². The molecule has 2 rings (SSSR count). The van der Waals surface area contributed by atoms with Crippen molar-refractivity contribution in [2.24, 2.45) is 0 Å². The molecule has 0 unspecified atom stereocenters. The van der Waals surface area contributed by atoms with Gasteiger partial charge in [0.05, 0.1) is 0 Å². The smallest absolute Gasteiger partial charge is 0.180 e. The molecule has 0 spiro atoms. The maximum atomic E-state index is 13.7. The van der Waals surface area contributed by atoms with Gasteiger partial charge in [-0.2, -0.15) is 4.39 Å². The van der Waals surface area contributed by atoms with Crippen molar-refractivity contribution in [3.8, 4) is 5.75 Å². The number of fused-ring (bicyclic) bond motifs is 1. The lowest BCUT2D eigenvalue weighted by molar-refractivity contribution is 0.475. The van der Waals surface area contributed by atoms with Crippen LogP contribution in [0.1, 0.15) is 37.8 Å². The Hall–Kier alpha value is -1.09. The van der Waals surface area contributed by atoms with Crippen molar-refractivity contribution in [1.29, 1.82) is 0 Å². The van der Waals surface area contributed by atoms with Crippen molar-refractivity contribution in [1.82, 2.24) is 0 Å². The van der Waals surface area contributed by atoms with Gasteiger partial charge >= 0.3 is 0 Å². The number of benzene rings is 1. The topological polar surface area (TPSA) is 20.2 Å². The molecular formula is C13H15FOS. The lowest BCUT2D eigenvalue weighted by atomic mass is 9.96. The molecule has 0 saturated heterocycles. The minimum absolute atomic E-state index is 0.120. The first-order valence-electron chi connectivity index (χ1n) is 5.48. The fourth-order valence-corrected chi connectivity index (χ4v) is 3.14. The van der Waals surface area contributed by atoms with Gasteiger partial charge in [-0.15, -0.1) is 11.3 Å². The van der Waals surface area contributed by atoms with Crippen LogP contribution in [0.2, 0.25) is 0 Å². The van der Waals surface area contributed by atoms with E-state index >= 15 is 0 Å². The highest BCUT2D eigenvalue weighted by Gasteiger charge is 2.16. The number of phenolic OH excluding ortho intramolecular Hbond substituents is 1. The molecule has 1 N–H and O–H groups in total. The van der Waals surface area contributed by atoms with Gasteiger partial charge in [-0.1, -0.05) is 20.8 Å². The summed E-state index contributed by atoms with van der Waals surface area (Å²) in [6, 6.07) is 3.40. The third-order valence-corrected chi connectivity index (χ3v) is 3.80. The number of aromatic hydroxyl groups is 1. The minimum Gasteiger partial charge on any atom is -0.508 e. The van der Waals surface area contributed by atoms with Gasteiger partial charge in [0.15, 0.2) is 5.13 Å². The van der Waals surface area contributed by atoms with Crippen LogP contribution >= 0.6 is 11.3 Å². The van der Waals surface area contributed by atoms with E-state index in [1.54, 1.807) is 12.1 Å². The van der Waals surface area contributed by atoms with Crippen molar-refractivity contribution < 1.29 is 9.50 Å². The average Bonchev–Trinajstić information content (AvgIpc) is 2.51. The van der Waals surface area contributed by atoms with Crippen LogP contribution in [0.5, 0.6) is 5.75 Å². The molecule has 16 heavy (non-hydrogen) atoms. The van der Waals surface area contributed by atoms with E-state index in [0.717, 1.165) is 32.5 Å². The van der Waals surface area contributed by atoms with E-state index in [4.69, 9.17) is 0 Å². The zero-order valence-electron chi connectivity index (χ0n) is 9.67. The third-order valence-electron chi connectivity index (χ3n) is 2.83. The Morgan fingerprint density at radius 1 is 1.38 bits per heavy atom. The Morgan fingerprint density at radius 3 is 2.62 bits per heavy atom. The summed E-state index contributed by atoms with van der Waals surface area (Å²) in [6.45, 7) is 6.08. The zero-order valence-corrected chi connectivity index (χ0v) is 10.5. The summed E-state index contributed by atoms with van der Waals surface area (Å²) in [4.78, 5) is 0. The maximum Gasteiger partial charge on any atom is 0.180 e. The largest absolute Gasteiger partial charge is 0.508 e. The van der Waals surface area contributed by atoms with Gasteiger partial charge in [0.25, 0.3) is 0 Å². The van der Waals surface area contributed by atoms with Gasteiger partial charge in [-0.05, 0) is 30.0 Å². The van der Waals surface area contributed by atoms with Gasteiger partial charge in [0.2, 0.25) is 0 Å². The minimum atomic E-state index is -0.120. The molecule has 1 nitrogen and oxygen atoms in total. The molecule has 0 atom stereocenters. The number of thiophene rings is 1. The Kier molecular flexibility index (Phi) is 2.89. The van der Waals surface area contributed by atoms with E-state index in [9.17, 15) is 9.50 Å². The number of halogens is 1. The molecule has 1 heterocycles. The average molecular weight is 238 g/mol. The van der Waals surface area contributed by atoms with Crippen LogP contribution in [0.25, 0.3) is 10.1 Å². The quantitative estimate of drug-likeness (QED) is 0.820. The van der Waals surface area contributed by atoms with Crippen molar-refractivity contribution >= 4 is 21.4 Å². The maximum absolute atomic E-state index is 13.7. The standard InChI is InChI=1S/C13H15FOS/c1-4-9-12-10(7(2)3)5-8(15)6-11(12)16-13(9)14/h5-7,15H,4H2,1-3H3. The number of aryl methyl sites for hydroxylation is 1. The number of rotatable bonds is 2. The summed E-state index contributed by atoms with van der Waals surface area (Å²) in [7, 11) is 0. The molecule has 1 aromatic heterocycles. The number of phenols is 1. The van der Waals surface area contributed by atoms with Crippen LogP contribution < -0.4 is 0 Å². The van der Waals surface area contributed by atoms with E-state index in [2.05, 4.69) is 13.8 Å². The van der Waals surface area contributed by atoms with Crippen LogP contribution in [0, 0.1) is 5.13 Å². The first kappa shape index (κ1) is 11.4. The number of hydrogen-bond donors (Lipinski definition) is 1. The van der Waals surface area contributed by atoms with Crippen LogP contribution in [-0.4, -0.2) is 5.11 Å². The monoisotopic (exact) mass is 238 g/mol. The fraction of sp³-hybridized carbons (Fsp3) is 0.385. The normalized spacial score (nSPS) is 11.6. The summed E-state index contributed by atoms with van der Waals surface area (Å²) in [6.07, 6.45) is 0.691. The lowest BCUT2D eigenvalue weighted by Crippen LogP contribution is -1.91. The summed E-state index contributed by atoms with van der Waals surface area (Å²) in [5, 5.41) is 10.5. The van der Waals surface area contributed by atoms with Gasteiger partial charge in [-0.25, -0.2) is 0 Å². The predicted molar refractivity (Wildman–Crippen MR) is 66.9 cm³/mol. The molecule has 0 radical (unpaired) electrons. The van der Waals surface area contributed by atoms with Crippen LogP contribution in [0.4, 0.5) is 4.39 Å². The molecule has 0 saturated carbocycles. The van der Waals surface area contributed by atoms with Gasteiger partial charge in [0.1, 0.15) is 5.75 Å². The predicted octanol–water partition coefficient (Wildman–Crippen LogP) is 4.43. The second kappa shape index (κ2) is 4.06. The Labute approximate surface area is 98.5 Å². The molecular weight excluding hydrogens is 223 g/mol. The van der Waals surface area contributed by atoms with Crippen LogP contribution in [0.15, 0.2) is 12.1 Å². The third kappa shape index (κ3) is 1.69. The van der Waals surface area contributed by atoms with Crippen molar-refractivity contribution in [2.75, 3.05) is 0 Å². The molecule has 0 aliphatic rings. The van der Waals surface area contributed by atoms with Gasteiger partial charge in [-0.3, -0.25) is 0 Å². The summed E-state index contributed by atoms with van der Waals surface area (Å²) in [5.74, 6) is 0.508. The first-order valence-corrected chi connectivity index (χ1v) is 6.30. The van der Waals surface area contributed by atoms with E-state index in [1.807, 2.05) is 6.92 Å². The Morgan fingerprint density at radius 2 is 2.06 bits per heavy atom. The SMILES string of the molecule is CCc1c(F)sc2cc(O)cc(C(C)C)c12. The fourth-order valence-electron chi connectivity index (χ4n) is 2.05. The second-order valence-corrected chi connectivity index (χ2v) is 5.27. The zero-order chi connectivity index (χ0) is 11.9. The van der Waals surface area contributed by atoms with E-state index < -0.39 is 0 Å². The molecule has 1 aromatic carbocycles. The highest BCUT2D eigenvalue weighted by atomic mass is 32.1. The molecule has 0 aliphatic carbocycles. The molecule has 86 valence electrons.